The molecule has 2 aromatic rings. The maximum atomic E-state index is 14.3. The average molecular weight is 466 g/mol. The average Bonchev–Trinajstić information content (AvgIpc) is 3.22. The minimum atomic E-state index is -0.884. The molecule has 2 aromatic carbocycles. The number of para-hydroxylation sites is 1. The minimum Gasteiger partial charge on any atom is -0.454 e. The van der Waals surface area contributed by atoms with Gasteiger partial charge in [-0.15, -0.1) is 0 Å². The van der Waals surface area contributed by atoms with E-state index in [0.717, 1.165) is 17.8 Å². The number of ketones is 1. The number of anilines is 1. The van der Waals surface area contributed by atoms with E-state index in [9.17, 15) is 18.4 Å². The lowest BCUT2D eigenvalue weighted by atomic mass is 9.68. The van der Waals surface area contributed by atoms with Gasteiger partial charge in [0, 0.05) is 34.9 Å². The van der Waals surface area contributed by atoms with Crippen molar-refractivity contribution in [2.24, 2.45) is 5.41 Å². The number of amides is 1. The molecule has 34 heavy (non-hydrogen) atoms. The van der Waals surface area contributed by atoms with Crippen molar-refractivity contribution < 1.29 is 27.8 Å². The van der Waals surface area contributed by atoms with Gasteiger partial charge in [-0.2, -0.15) is 0 Å². The van der Waals surface area contributed by atoms with Crippen LogP contribution < -0.4 is 20.1 Å². The minimum absolute atomic E-state index is 0.0729. The highest BCUT2D eigenvalue weighted by Gasteiger charge is 2.43. The molecule has 176 valence electrons. The van der Waals surface area contributed by atoms with E-state index in [-0.39, 0.29) is 23.6 Å². The molecule has 0 bridgehead atoms. The van der Waals surface area contributed by atoms with Crippen LogP contribution in [-0.2, 0) is 9.59 Å². The van der Waals surface area contributed by atoms with Crippen molar-refractivity contribution in [3.63, 3.8) is 0 Å². The zero-order valence-corrected chi connectivity index (χ0v) is 19.1. The van der Waals surface area contributed by atoms with Crippen LogP contribution in [0.3, 0.4) is 0 Å². The number of halogens is 2. The summed E-state index contributed by atoms with van der Waals surface area (Å²) in [5.74, 6) is -2.18. The van der Waals surface area contributed by atoms with Gasteiger partial charge in [-0.25, -0.2) is 8.78 Å². The highest BCUT2D eigenvalue weighted by Crippen LogP contribution is 2.48. The van der Waals surface area contributed by atoms with Gasteiger partial charge in [-0.05, 0) is 48.6 Å². The molecule has 2 N–H and O–H groups in total. The van der Waals surface area contributed by atoms with Crippen molar-refractivity contribution in [3.05, 3.63) is 76.1 Å². The highest BCUT2D eigenvalue weighted by molar-refractivity contribution is 6.10. The molecule has 1 amide bonds. The fourth-order valence-corrected chi connectivity index (χ4v) is 4.96. The molecule has 0 radical (unpaired) electrons. The second kappa shape index (κ2) is 7.97. The Hall–Kier alpha value is -3.68. The number of ether oxygens (including phenoxy) is 2. The van der Waals surface area contributed by atoms with E-state index < -0.39 is 29.1 Å². The Kier molecular flexibility index (Phi) is 5.19. The molecular formula is C26H24F2N2O4. The first kappa shape index (κ1) is 22.1. The van der Waals surface area contributed by atoms with Gasteiger partial charge in [0.2, 0.25) is 6.79 Å². The maximum Gasteiger partial charge on any atom is 0.254 e. The summed E-state index contributed by atoms with van der Waals surface area (Å²) in [6, 6.07) is 8.63. The Morgan fingerprint density at radius 1 is 1.09 bits per heavy atom. The number of carbonyl (C=O) groups excluding carboxylic acids is 2. The first-order chi connectivity index (χ1) is 16.1. The number of hydrogen-bond acceptors (Lipinski definition) is 5. The zero-order chi connectivity index (χ0) is 24.2. The summed E-state index contributed by atoms with van der Waals surface area (Å²) < 4.78 is 39.5. The number of rotatable bonds is 3. The second-order valence-corrected chi connectivity index (χ2v) is 9.59. The normalized spacial score (nSPS) is 20.7. The topological polar surface area (TPSA) is 76.7 Å². The van der Waals surface area contributed by atoms with Gasteiger partial charge in [0.25, 0.3) is 5.91 Å². The van der Waals surface area contributed by atoms with E-state index >= 15 is 0 Å². The predicted molar refractivity (Wildman–Crippen MR) is 121 cm³/mol. The first-order valence-corrected chi connectivity index (χ1v) is 11.0. The van der Waals surface area contributed by atoms with Crippen LogP contribution in [0.2, 0.25) is 0 Å². The predicted octanol–water partition coefficient (Wildman–Crippen LogP) is 4.94. The third-order valence-electron chi connectivity index (χ3n) is 6.42. The van der Waals surface area contributed by atoms with Crippen LogP contribution in [-0.4, -0.2) is 18.5 Å². The molecule has 3 aliphatic rings. The van der Waals surface area contributed by atoms with E-state index in [1.165, 1.54) is 6.07 Å². The van der Waals surface area contributed by atoms with Gasteiger partial charge in [0.15, 0.2) is 17.3 Å². The van der Waals surface area contributed by atoms with Crippen LogP contribution in [0.15, 0.2) is 58.9 Å². The standard InChI is InChI=1S/C26H24F2N2O4/c1-13-21(25(32)30-24-15(27)5-4-6-16(24)28)22(14-7-8-19-20(9-14)34-12-33-19)23-17(29-13)10-26(2,3)11-18(23)31/h4-9,22,29H,10-12H2,1-3H3,(H,30,32). The monoisotopic (exact) mass is 466 g/mol. The molecule has 1 aliphatic carbocycles. The third kappa shape index (κ3) is 3.73. The molecule has 8 heteroatoms. The summed E-state index contributed by atoms with van der Waals surface area (Å²) in [7, 11) is 0. The van der Waals surface area contributed by atoms with Crippen molar-refractivity contribution >= 4 is 17.4 Å². The molecule has 0 saturated heterocycles. The number of dihydropyridines is 1. The Bertz CT molecular complexity index is 1280. The summed E-state index contributed by atoms with van der Waals surface area (Å²) in [5, 5.41) is 5.62. The third-order valence-corrected chi connectivity index (χ3v) is 6.42. The van der Waals surface area contributed by atoms with Crippen molar-refractivity contribution in [1.29, 1.82) is 0 Å². The lowest BCUT2D eigenvalue weighted by molar-refractivity contribution is -0.118. The first-order valence-electron chi connectivity index (χ1n) is 11.0. The number of carbonyl (C=O) groups is 2. The fourth-order valence-electron chi connectivity index (χ4n) is 4.96. The van der Waals surface area contributed by atoms with Crippen LogP contribution in [0, 0.1) is 17.0 Å². The zero-order valence-electron chi connectivity index (χ0n) is 19.1. The van der Waals surface area contributed by atoms with Crippen LogP contribution in [0.25, 0.3) is 0 Å². The molecule has 0 fully saturated rings. The molecule has 0 saturated carbocycles. The molecule has 6 nitrogen and oxygen atoms in total. The lowest BCUT2D eigenvalue weighted by Crippen LogP contribution is -2.39. The van der Waals surface area contributed by atoms with Gasteiger partial charge in [0.05, 0.1) is 0 Å². The van der Waals surface area contributed by atoms with Crippen molar-refractivity contribution in [2.45, 2.75) is 39.5 Å². The summed E-state index contributed by atoms with van der Waals surface area (Å²) in [6.45, 7) is 5.85. The molecule has 1 unspecified atom stereocenters. The van der Waals surface area contributed by atoms with Crippen molar-refractivity contribution in [2.75, 3.05) is 12.1 Å². The maximum absolute atomic E-state index is 14.3. The van der Waals surface area contributed by atoms with E-state index in [2.05, 4.69) is 10.6 Å². The Labute approximate surface area is 195 Å². The van der Waals surface area contributed by atoms with Gasteiger partial charge in [0.1, 0.15) is 17.3 Å². The molecule has 0 aromatic heterocycles. The number of fused-ring (bicyclic) bond motifs is 1. The van der Waals surface area contributed by atoms with Crippen molar-refractivity contribution in [1.82, 2.24) is 5.32 Å². The molecule has 2 heterocycles. The van der Waals surface area contributed by atoms with E-state index in [4.69, 9.17) is 9.47 Å². The molecular weight excluding hydrogens is 442 g/mol. The lowest BCUT2D eigenvalue weighted by Gasteiger charge is -2.39. The van der Waals surface area contributed by atoms with E-state index in [1.807, 2.05) is 13.8 Å². The van der Waals surface area contributed by atoms with E-state index in [1.54, 1.807) is 25.1 Å². The number of Topliss-reactive ketones (excluding diaryl/α,β-unsaturated/α-hetero) is 1. The Morgan fingerprint density at radius 2 is 1.79 bits per heavy atom. The van der Waals surface area contributed by atoms with Gasteiger partial charge >= 0.3 is 0 Å². The van der Waals surface area contributed by atoms with Crippen LogP contribution in [0.4, 0.5) is 14.5 Å². The number of benzene rings is 2. The molecule has 0 spiro atoms. The SMILES string of the molecule is CC1=C(C(=O)Nc2c(F)cccc2F)C(c2ccc3c(c2)OCO3)C2=C(CC(C)(C)CC2=O)N1. The van der Waals surface area contributed by atoms with E-state index in [0.29, 0.717) is 41.2 Å². The summed E-state index contributed by atoms with van der Waals surface area (Å²) in [4.78, 5) is 26.9. The largest absolute Gasteiger partial charge is 0.454 e. The van der Waals surface area contributed by atoms with Gasteiger partial charge < -0.3 is 20.1 Å². The quantitative estimate of drug-likeness (QED) is 0.671. The van der Waals surface area contributed by atoms with Crippen molar-refractivity contribution in [3.8, 4) is 11.5 Å². The summed E-state index contributed by atoms with van der Waals surface area (Å²) >= 11 is 0. The fraction of sp³-hybridized carbons (Fsp3) is 0.308. The number of nitrogens with one attached hydrogen (secondary N) is 2. The van der Waals surface area contributed by atoms with Gasteiger partial charge in [-0.3, -0.25) is 9.59 Å². The smallest absolute Gasteiger partial charge is 0.254 e. The highest BCUT2D eigenvalue weighted by atomic mass is 19.1. The molecule has 2 aliphatic heterocycles. The Balaban J connectivity index is 1.62. The molecule has 1 atom stereocenters. The number of allylic oxidation sites excluding steroid dienone is 3. The van der Waals surface area contributed by atoms with Crippen LogP contribution in [0.5, 0.6) is 11.5 Å². The summed E-state index contributed by atoms with van der Waals surface area (Å²) in [6.07, 6.45) is 0.952. The Morgan fingerprint density at radius 3 is 2.53 bits per heavy atom. The molecule has 5 rings (SSSR count). The second-order valence-electron chi connectivity index (χ2n) is 9.59. The summed E-state index contributed by atoms with van der Waals surface area (Å²) in [5.41, 5.74) is 1.86. The van der Waals surface area contributed by atoms with Crippen LogP contribution >= 0.6 is 0 Å². The number of hydrogen-bond donors (Lipinski definition) is 2. The van der Waals surface area contributed by atoms with Crippen LogP contribution in [0.1, 0.15) is 45.1 Å². The van der Waals surface area contributed by atoms with Gasteiger partial charge in [-0.1, -0.05) is 26.0 Å².